The molecule has 10 heteroatoms. The number of hydrogen-bond donors (Lipinski definition) is 2. The van der Waals surface area contributed by atoms with E-state index in [9.17, 15) is 14.4 Å². The van der Waals surface area contributed by atoms with Gasteiger partial charge in [-0.15, -0.1) is 0 Å². The molecule has 1 amide bonds. The second-order valence-corrected chi connectivity index (χ2v) is 9.51. The number of carbonyl (C=O) groups is 3. The van der Waals surface area contributed by atoms with Gasteiger partial charge in [0.25, 0.3) is 0 Å². The topological polar surface area (TPSA) is 117 Å². The number of carbonyl (C=O) groups excluding carboxylic acids is 3. The van der Waals surface area contributed by atoms with Crippen LogP contribution in [0.4, 0.5) is 10.5 Å². The highest BCUT2D eigenvalue weighted by molar-refractivity contribution is 8.77. The summed E-state index contributed by atoms with van der Waals surface area (Å²) in [5.74, 6) is 0.304. The molecule has 2 atom stereocenters. The average Bonchev–Trinajstić information content (AvgIpc) is 3.22. The van der Waals surface area contributed by atoms with Gasteiger partial charge < -0.3 is 25.3 Å². The van der Waals surface area contributed by atoms with Crippen molar-refractivity contribution in [3.63, 3.8) is 0 Å². The van der Waals surface area contributed by atoms with Crippen LogP contribution in [0.1, 0.15) is 49.4 Å². The molecule has 1 heterocycles. The monoisotopic (exact) mass is 456 g/mol. The summed E-state index contributed by atoms with van der Waals surface area (Å²) in [6.45, 7) is 1.52. The Kier molecular flexibility index (Phi) is 10.7. The van der Waals surface area contributed by atoms with Crippen molar-refractivity contribution in [2.24, 2.45) is 0 Å². The summed E-state index contributed by atoms with van der Waals surface area (Å²) in [6, 6.07) is 6.32. The van der Waals surface area contributed by atoms with Gasteiger partial charge in [-0.25, -0.2) is 9.59 Å². The molecule has 1 aliphatic rings. The number of ether oxygens (including phenoxy) is 3. The quantitative estimate of drug-likeness (QED) is 0.169. The lowest BCUT2D eigenvalue weighted by molar-refractivity contribution is -0.165. The van der Waals surface area contributed by atoms with Crippen LogP contribution in [0.2, 0.25) is 0 Å². The molecule has 1 aromatic rings. The van der Waals surface area contributed by atoms with Crippen molar-refractivity contribution in [2.75, 3.05) is 24.6 Å². The van der Waals surface area contributed by atoms with E-state index in [-0.39, 0.29) is 19.1 Å². The molecular formula is C20H28N2O6S2. The molecule has 2 rings (SSSR count). The summed E-state index contributed by atoms with van der Waals surface area (Å²) in [6.07, 6.45) is 2.66. The normalized spacial score (nSPS) is 16.5. The van der Waals surface area contributed by atoms with E-state index in [0.29, 0.717) is 22.9 Å². The standard InChI is InChI=1S/C20H28N2O6S2/c1-14(27-18(23)5-3-2-4-17-10-13-29-30-17)28-20(25)22-11-12-26-19(24)15-6-8-16(21)9-7-15/h6-9,14,17H,2-5,10-13,21H2,1H3,(H,22,25)/t14?,17-/m1/s1. The molecule has 1 fully saturated rings. The third kappa shape index (κ3) is 9.62. The van der Waals surface area contributed by atoms with Gasteiger partial charge in [-0.1, -0.05) is 28.0 Å². The molecule has 1 aliphatic heterocycles. The van der Waals surface area contributed by atoms with E-state index in [0.717, 1.165) is 19.3 Å². The lowest BCUT2D eigenvalue weighted by atomic mass is 10.1. The highest BCUT2D eigenvalue weighted by Gasteiger charge is 2.17. The van der Waals surface area contributed by atoms with E-state index in [1.807, 2.05) is 21.6 Å². The van der Waals surface area contributed by atoms with Crippen LogP contribution >= 0.6 is 21.6 Å². The van der Waals surface area contributed by atoms with Crippen molar-refractivity contribution in [1.29, 1.82) is 0 Å². The van der Waals surface area contributed by atoms with Gasteiger partial charge in [-0.2, -0.15) is 0 Å². The number of nitrogens with one attached hydrogen (secondary N) is 1. The van der Waals surface area contributed by atoms with E-state index in [2.05, 4.69) is 5.32 Å². The second kappa shape index (κ2) is 13.3. The lowest BCUT2D eigenvalue weighted by Crippen LogP contribution is -2.32. The van der Waals surface area contributed by atoms with Crippen LogP contribution in [0.5, 0.6) is 0 Å². The molecular weight excluding hydrogens is 428 g/mol. The molecule has 1 saturated heterocycles. The van der Waals surface area contributed by atoms with Gasteiger partial charge in [0.15, 0.2) is 0 Å². The molecule has 8 nitrogen and oxygen atoms in total. The third-order valence-corrected chi connectivity index (χ3v) is 7.21. The molecule has 1 unspecified atom stereocenters. The van der Waals surface area contributed by atoms with Crippen molar-refractivity contribution in [1.82, 2.24) is 5.32 Å². The molecule has 166 valence electrons. The van der Waals surface area contributed by atoms with Crippen molar-refractivity contribution in [3.05, 3.63) is 29.8 Å². The Bertz CT molecular complexity index is 695. The number of nitrogen functional groups attached to an aromatic ring is 1. The molecule has 0 bridgehead atoms. The average molecular weight is 457 g/mol. The highest BCUT2D eigenvalue weighted by Crippen LogP contribution is 2.39. The smallest absolute Gasteiger partial charge is 0.410 e. The first-order valence-corrected chi connectivity index (χ1v) is 12.3. The van der Waals surface area contributed by atoms with Gasteiger partial charge in [0.2, 0.25) is 6.29 Å². The van der Waals surface area contributed by atoms with E-state index in [1.165, 1.54) is 19.1 Å². The summed E-state index contributed by atoms with van der Waals surface area (Å²) in [4.78, 5) is 35.3. The summed E-state index contributed by atoms with van der Waals surface area (Å²) in [7, 11) is 3.84. The Morgan fingerprint density at radius 3 is 2.67 bits per heavy atom. The molecule has 0 radical (unpaired) electrons. The maximum Gasteiger partial charge on any atom is 0.410 e. The molecule has 30 heavy (non-hydrogen) atoms. The van der Waals surface area contributed by atoms with Gasteiger partial charge in [-0.3, -0.25) is 4.79 Å². The van der Waals surface area contributed by atoms with Crippen LogP contribution < -0.4 is 11.1 Å². The number of hydrogen-bond acceptors (Lipinski definition) is 9. The van der Waals surface area contributed by atoms with Crippen molar-refractivity contribution in [3.8, 4) is 0 Å². The van der Waals surface area contributed by atoms with E-state index in [4.69, 9.17) is 19.9 Å². The number of alkyl carbamates (subject to hydrolysis) is 1. The summed E-state index contributed by atoms with van der Waals surface area (Å²) in [5, 5.41) is 3.13. The molecule has 0 spiro atoms. The maximum atomic E-state index is 11.8. The second-order valence-electron chi connectivity index (χ2n) is 6.72. The Morgan fingerprint density at radius 2 is 1.97 bits per heavy atom. The fourth-order valence-corrected chi connectivity index (χ4v) is 5.69. The first-order chi connectivity index (χ1) is 14.4. The fourth-order valence-electron chi connectivity index (χ4n) is 2.67. The minimum absolute atomic E-state index is 0.0235. The lowest BCUT2D eigenvalue weighted by Gasteiger charge is -2.15. The zero-order valence-corrected chi connectivity index (χ0v) is 18.6. The van der Waals surface area contributed by atoms with Crippen molar-refractivity contribution in [2.45, 2.75) is 50.6 Å². The fraction of sp³-hybridized carbons (Fsp3) is 0.550. The van der Waals surface area contributed by atoms with E-state index < -0.39 is 18.4 Å². The molecule has 0 saturated carbocycles. The number of benzene rings is 1. The number of rotatable bonds is 11. The van der Waals surface area contributed by atoms with Gasteiger partial charge in [0.1, 0.15) is 6.61 Å². The summed E-state index contributed by atoms with van der Waals surface area (Å²) in [5.41, 5.74) is 6.48. The maximum absolute atomic E-state index is 11.8. The zero-order chi connectivity index (χ0) is 21.8. The van der Waals surface area contributed by atoms with Crippen LogP contribution in [0.25, 0.3) is 0 Å². The van der Waals surface area contributed by atoms with Crippen LogP contribution in [-0.4, -0.2) is 48.5 Å². The van der Waals surface area contributed by atoms with Gasteiger partial charge >= 0.3 is 18.0 Å². The van der Waals surface area contributed by atoms with Crippen LogP contribution in [0.3, 0.4) is 0 Å². The minimum Gasteiger partial charge on any atom is -0.460 e. The highest BCUT2D eigenvalue weighted by atomic mass is 33.1. The van der Waals surface area contributed by atoms with Crippen LogP contribution in [0, 0.1) is 0 Å². The predicted molar refractivity (Wildman–Crippen MR) is 118 cm³/mol. The van der Waals surface area contributed by atoms with Crippen molar-refractivity contribution >= 4 is 45.3 Å². The van der Waals surface area contributed by atoms with Gasteiger partial charge in [0.05, 0.1) is 12.1 Å². The Balaban J connectivity index is 1.50. The molecule has 0 aromatic heterocycles. The number of anilines is 1. The minimum atomic E-state index is -0.989. The zero-order valence-electron chi connectivity index (χ0n) is 17.0. The number of amides is 1. The number of unbranched alkanes of at least 4 members (excludes halogenated alkanes) is 1. The molecule has 3 N–H and O–H groups in total. The van der Waals surface area contributed by atoms with E-state index in [1.54, 1.807) is 24.3 Å². The first-order valence-electron chi connectivity index (χ1n) is 9.89. The van der Waals surface area contributed by atoms with Gasteiger partial charge in [0, 0.05) is 30.0 Å². The van der Waals surface area contributed by atoms with E-state index >= 15 is 0 Å². The molecule has 1 aromatic carbocycles. The summed E-state index contributed by atoms with van der Waals surface area (Å²) >= 11 is 0. The summed E-state index contributed by atoms with van der Waals surface area (Å²) < 4.78 is 15.1. The Hall–Kier alpha value is -2.07. The largest absolute Gasteiger partial charge is 0.460 e. The first kappa shape index (κ1) is 24.2. The Morgan fingerprint density at radius 1 is 1.20 bits per heavy atom. The third-order valence-electron chi connectivity index (χ3n) is 4.21. The van der Waals surface area contributed by atoms with Crippen molar-refractivity contribution < 1.29 is 28.6 Å². The predicted octanol–water partition coefficient (Wildman–Crippen LogP) is 3.76. The Labute approximate surface area is 184 Å². The SMILES string of the molecule is CC(OC(=O)CCCC[C@@H]1CCSS1)OC(=O)NCCOC(=O)c1ccc(N)cc1. The number of nitrogens with two attached hydrogens (primary N) is 1. The van der Waals surface area contributed by atoms with Gasteiger partial charge in [-0.05, 0) is 43.5 Å². The van der Waals surface area contributed by atoms with Crippen LogP contribution in [-0.2, 0) is 19.0 Å². The van der Waals surface area contributed by atoms with Crippen LogP contribution in [0.15, 0.2) is 24.3 Å². The number of esters is 2. The molecule has 0 aliphatic carbocycles.